The van der Waals surface area contributed by atoms with E-state index in [0.29, 0.717) is 31.9 Å². The lowest BCUT2D eigenvalue weighted by Gasteiger charge is -2.40. The molecule has 0 spiro atoms. The maximum Gasteiger partial charge on any atom is 0.186 e. The number of aromatic nitrogens is 3. The van der Waals surface area contributed by atoms with Crippen LogP contribution in [0.4, 0.5) is 0 Å². The van der Waals surface area contributed by atoms with Crippen molar-refractivity contribution < 1.29 is 49.6 Å². The minimum absolute atomic E-state index is 0.197. The van der Waals surface area contributed by atoms with Gasteiger partial charge in [0.15, 0.2) is 6.29 Å². The Kier molecular flexibility index (Phi) is 22.0. The molecule has 0 unspecified atom stereocenters. The van der Waals surface area contributed by atoms with Crippen LogP contribution in [0.3, 0.4) is 0 Å². The Morgan fingerprint density at radius 2 is 1.37 bits per heavy atom. The highest BCUT2D eigenvalue weighted by Gasteiger charge is 2.44. The number of benzene rings is 1. The molecule has 13 heteroatoms. The van der Waals surface area contributed by atoms with Crippen LogP contribution in [0.1, 0.15) is 121 Å². The van der Waals surface area contributed by atoms with Crippen LogP contribution in [0.25, 0.3) is 0 Å². The number of unbranched alkanes of at least 4 members (excludes halogenated alkanes) is 12. The Bertz CT molecular complexity index is 1130. The molecule has 2 aromatic rings. The third kappa shape index (κ3) is 16.2. The van der Waals surface area contributed by atoms with Crippen LogP contribution in [0.5, 0.6) is 0 Å². The molecule has 8 atom stereocenters. The highest BCUT2D eigenvalue weighted by atomic mass is 16.7. The zero-order chi connectivity index (χ0) is 36.7. The van der Waals surface area contributed by atoms with Crippen molar-refractivity contribution in [2.45, 2.75) is 165 Å². The molecule has 0 radical (unpaired) electrons. The first-order chi connectivity index (χ1) is 24.8. The Morgan fingerprint density at radius 1 is 0.765 bits per heavy atom. The molecule has 3 rings (SSSR count). The first kappa shape index (κ1) is 43.4. The molecular formula is C38H65N3O10. The molecule has 6 N–H and O–H groups in total. The first-order valence-corrected chi connectivity index (χ1v) is 19.2. The van der Waals surface area contributed by atoms with E-state index < -0.39 is 55.6 Å². The van der Waals surface area contributed by atoms with Gasteiger partial charge in [0.05, 0.1) is 38.7 Å². The molecule has 13 nitrogen and oxygen atoms in total. The number of hydrogen-bond donors (Lipinski definition) is 6. The minimum Gasteiger partial charge on any atom is -0.394 e. The fraction of sp³-hybridized carbons (Fsp3) is 0.789. The lowest BCUT2D eigenvalue weighted by molar-refractivity contribution is -0.304. The Balaban J connectivity index is 1.45. The van der Waals surface area contributed by atoms with E-state index in [9.17, 15) is 30.6 Å². The second-order valence-electron chi connectivity index (χ2n) is 13.8. The van der Waals surface area contributed by atoms with E-state index in [1.165, 1.54) is 56.0 Å². The SMILES string of the molecule is CCCCCCCCCCCCCC[C@@H](O)[C@@H](O)[C@H](CO[C@H]1O[C@H](CO)[C@H](O)[C@H](O)[C@H]1O)n1cc(COCCCCOCc2ccccc2)nn1. The standard InChI is InChI=1S/C38H65N3O10/c1-2-3-4-5-6-7-8-9-10-11-12-16-21-32(43)34(44)31(28-50-38-37(47)36(46)35(45)33(25-42)51-38)41-24-30(39-40-41)27-49-23-18-17-22-48-26-29-19-14-13-15-20-29/h13-15,19-20,24,31-38,42-47H,2-12,16-18,21-23,25-28H2,1H3/t31-,32+,33+,34-,35-,36-,37+,38-/m0/s1. The largest absolute Gasteiger partial charge is 0.394 e. The Morgan fingerprint density at radius 3 is 2.00 bits per heavy atom. The molecule has 1 aliphatic rings. The van der Waals surface area contributed by atoms with E-state index in [1.54, 1.807) is 6.20 Å². The van der Waals surface area contributed by atoms with Gasteiger partial charge in [-0.15, -0.1) is 5.10 Å². The van der Waals surface area contributed by atoms with Crippen molar-refractivity contribution >= 4 is 0 Å². The second kappa shape index (κ2) is 25.9. The summed E-state index contributed by atoms with van der Waals surface area (Å²) < 4.78 is 24.2. The number of nitrogens with zero attached hydrogens (tertiary/aromatic N) is 3. The lowest BCUT2D eigenvalue weighted by atomic mass is 9.98. The minimum atomic E-state index is -1.61. The summed E-state index contributed by atoms with van der Waals surface area (Å²) >= 11 is 0. The van der Waals surface area contributed by atoms with E-state index in [4.69, 9.17) is 18.9 Å². The molecular weight excluding hydrogens is 658 g/mol. The molecule has 0 bridgehead atoms. The average Bonchev–Trinajstić information content (AvgIpc) is 3.61. The van der Waals surface area contributed by atoms with Gasteiger partial charge >= 0.3 is 0 Å². The number of ether oxygens (including phenoxy) is 4. The van der Waals surface area contributed by atoms with Crippen molar-refractivity contribution in [2.75, 3.05) is 26.4 Å². The Hall–Kier alpha value is -2.04. The van der Waals surface area contributed by atoms with Gasteiger partial charge in [-0.3, -0.25) is 0 Å². The van der Waals surface area contributed by atoms with Crippen LogP contribution in [-0.2, 0) is 32.2 Å². The third-order valence-corrected chi connectivity index (χ3v) is 9.51. The number of hydrogen-bond acceptors (Lipinski definition) is 12. The van der Waals surface area contributed by atoms with Gasteiger partial charge in [-0.2, -0.15) is 0 Å². The molecule has 0 amide bonds. The number of aliphatic hydroxyl groups excluding tert-OH is 6. The summed E-state index contributed by atoms with van der Waals surface area (Å²) in [4.78, 5) is 0. The van der Waals surface area contributed by atoms with Gasteiger partial charge in [0.25, 0.3) is 0 Å². The van der Waals surface area contributed by atoms with E-state index >= 15 is 0 Å². The van der Waals surface area contributed by atoms with Gasteiger partial charge in [0.1, 0.15) is 42.3 Å². The van der Waals surface area contributed by atoms with Crippen molar-refractivity contribution in [1.29, 1.82) is 0 Å². The van der Waals surface area contributed by atoms with Crippen molar-refractivity contribution in [3.63, 3.8) is 0 Å². The normalized spacial score (nSPS) is 22.6. The van der Waals surface area contributed by atoms with Gasteiger partial charge in [-0.25, -0.2) is 4.68 Å². The number of aliphatic hydroxyl groups is 6. The molecule has 1 saturated heterocycles. The first-order valence-electron chi connectivity index (χ1n) is 19.2. The van der Waals surface area contributed by atoms with Crippen molar-refractivity contribution in [3.8, 4) is 0 Å². The quantitative estimate of drug-likeness (QED) is 0.0664. The summed E-state index contributed by atoms with van der Waals surface area (Å²) in [5, 5.41) is 71.0. The average molecular weight is 724 g/mol. The lowest BCUT2D eigenvalue weighted by Crippen LogP contribution is -2.59. The zero-order valence-corrected chi connectivity index (χ0v) is 30.6. The van der Waals surface area contributed by atoms with E-state index in [-0.39, 0.29) is 13.2 Å². The molecule has 0 aliphatic carbocycles. The van der Waals surface area contributed by atoms with Crippen LogP contribution in [0.15, 0.2) is 36.5 Å². The van der Waals surface area contributed by atoms with Gasteiger partial charge in [-0.1, -0.05) is 120 Å². The summed E-state index contributed by atoms with van der Waals surface area (Å²) in [7, 11) is 0. The predicted molar refractivity (Wildman–Crippen MR) is 191 cm³/mol. The summed E-state index contributed by atoms with van der Waals surface area (Å²) in [5.74, 6) is 0. The Labute approximate surface area is 303 Å². The molecule has 1 aromatic carbocycles. The molecule has 1 aliphatic heterocycles. The van der Waals surface area contributed by atoms with Crippen LogP contribution in [-0.4, -0.2) is 115 Å². The molecule has 292 valence electrons. The van der Waals surface area contributed by atoms with Gasteiger partial charge < -0.3 is 49.6 Å². The molecule has 2 heterocycles. The summed E-state index contributed by atoms with van der Waals surface area (Å²) in [6.07, 6.45) is 8.32. The highest BCUT2D eigenvalue weighted by molar-refractivity contribution is 5.13. The van der Waals surface area contributed by atoms with Crippen molar-refractivity contribution in [3.05, 3.63) is 47.8 Å². The van der Waals surface area contributed by atoms with Gasteiger partial charge in [0, 0.05) is 13.2 Å². The van der Waals surface area contributed by atoms with Gasteiger partial charge in [0.2, 0.25) is 0 Å². The summed E-state index contributed by atoms with van der Waals surface area (Å²) in [5.41, 5.74) is 1.66. The summed E-state index contributed by atoms with van der Waals surface area (Å²) in [6, 6.07) is 9.09. The van der Waals surface area contributed by atoms with Crippen LogP contribution in [0.2, 0.25) is 0 Å². The topological polar surface area (TPSA) is 189 Å². The van der Waals surface area contributed by atoms with Crippen LogP contribution in [0, 0.1) is 0 Å². The van der Waals surface area contributed by atoms with E-state index in [1.807, 2.05) is 30.3 Å². The van der Waals surface area contributed by atoms with Crippen LogP contribution >= 0.6 is 0 Å². The monoisotopic (exact) mass is 723 g/mol. The highest BCUT2D eigenvalue weighted by Crippen LogP contribution is 2.25. The maximum absolute atomic E-state index is 11.3. The smallest absolute Gasteiger partial charge is 0.186 e. The fourth-order valence-electron chi connectivity index (χ4n) is 6.24. The second-order valence-corrected chi connectivity index (χ2v) is 13.8. The van der Waals surface area contributed by atoms with Crippen molar-refractivity contribution in [2.24, 2.45) is 0 Å². The maximum atomic E-state index is 11.3. The predicted octanol–water partition coefficient (Wildman–Crippen LogP) is 3.96. The fourth-order valence-corrected chi connectivity index (χ4v) is 6.24. The third-order valence-electron chi connectivity index (χ3n) is 9.51. The van der Waals surface area contributed by atoms with Crippen molar-refractivity contribution in [1.82, 2.24) is 15.0 Å². The summed E-state index contributed by atoms with van der Waals surface area (Å²) in [6.45, 7) is 3.27. The molecule has 51 heavy (non-hydrogen) atoms. The van der Waals surface area contributed by atoms with Gasteiger partial charge in [-0.05, 0) is 24.8 Å². The van der Waals surface area contributed by atoms with Crippen LogP contribution < -0.4 is 0 Å². The van der Waals surface area contributed by atoms with E-state index in [2.05, 4.69) is 17.2 Å². The molecule has 1 fully saturated rings. The number of rotatable bonds is 29. The van der Waals surface area contributed by atoms with E-state index in [0.717, 1.165) is 44.1 Å². The zero-order valence-electron chi connectivity index (χ0n) is 30.6. The molecule has 1 aromatic heterocycles. The molecule has 0 saturated carbocycles.